The quantitative estimate of drug-likeness (QED) is 0.550. The van der Waals surface area contributed by atoms with Crippen molar-refractivity contribution in [1.82, 2.24) is 0 Å². The summed E-state index contributed by atoms with van der Waals surface area (Å²) in [5.41, 5.74) is 0. The number of methoxy groups -OCH3 is 1. The number of hydrogen-bond donors (Lipinski definition) is 1. The Morgan fingerprint density at radius 1 is 1.88 bits per heavy atom. The molecular formula is C5H8O3. The van der Waals surface area contributed by atoms with Crippen molar-refractivity contribution in [1.29, 1.82) is 0 Å². The van der Waals surface area contributed by atoms with Crippen LogP contribution in [0, 0.1) is 0 Å². The van der Waals surface area contributed by atoms with Gasteiger partial charge in [-0.25, -0.2) is 0 Å². The van der Waals surface area contributed by atoms with Gasteiger partial charge < -0.3 is 9.84 Å². The second kappa shape index (κ2) is 4.18. The van der Waals surface area contributed by atoms with Crippen LogP contribution in [-0.2, 0) is 9.53 Å². The smallest absolute Gasteiger partial charge is 0.307 e. The Hall–Kier alpha value is -0.990. The Bertz CT molecular complexity index is 95.8. The molecule has 0 aliphatic heterocycles. The van der Waals surface area contributed by atoms with Crippen molar-refractivity contribution in [2.24, 2.45) is 0 Å². The summed E-state index contributed by atoms with van der Waals surface area (Å²) < 4.78 is 4.45. The number of carboxylic acids is 1. The van der Waals surface area contributed by atoms with Gasteiger partial charge in [-0.05, 0) is 6.08 Å². The second-order valence-corrected chi connectivity index (χ2v) is 1.21. The first-order valence-electron chi connectivity index (χ1n) is 2.17. The SMILES string of the molecule is CO/C=C\CC(=O)O. The summed E-state index contributed by atoms with van der Waals surface area (Å²) in [5.74, 6) is -0.849. The molecule has 0 unspecified atom stereocenters. The summed E-state index contributed by atoms with van der Waals surface area (Å²) in [6.45, 7) is 0. The van der Waals surface area contributed by atoms with Crippen molar-refractivity contribution in [2.75, 3.05) is 7.11 Å². The Morgan fingerprint density at radius 3 is 2.88 bits per heavy atom. The Labute approximate surface area is 47.6 Å². The molecule has 0 atom stereocenters. The van der Waals surface area contributed by atoms with E-state index in [1.807, 2.05) is 0 Å². The fourth-order valence-electron chi connectivity index (χ4n) is 0.245. The number of carboxylic acid groups (broad SMARTS) is 1. The summed E-state index contributed by atoms with van der Waals surface area (Å²) in [6.07, 6.45) is 2.80. The van der Waals surface area contributed by atoms with Gasteiger partial charge in [-0.15, -0.1) is 0 Å². The lowest BCUT2D eigenvalue weighted by Crippen LogP contribution is -1.89. The molecule has 0 aromatic rings. The van der Waals surface area contributed by atoms with Crippen LogP contribution in [0.4, 0.5) is 0 Å². The molecule has 3 heteroatoms. The maximum absolute atomic E-state index is 9.77. The minimum Gasteiger partial charge on any atom is -0.505 e. The third kappa shape index (κ3) is 5.01. The van der Waals surface area contributed by atoms with Gasteiger partial charge in [0.25, 0.3) is 0 Å². The maximum Gasteiger partial charge on any atom is 0.307 e. The molecule has 0 saturated carbocycles. The van der Waals surface area contributed by atoms with E-state index < -0.39 is 5.97 Å². The number of rotatable bonds is 3. The molecule has 8 heavy (non-hydrogen) atoms. The molecule has 0 bridgehead atoms. The molecule has 0 saturated heterocycles. The highest BCUT2D eigenvalue weighted by molar-refractivity contribution is 5.68. The predicted octanol–water partition coefficient (Wildman–Crippen LogP) is 0.621. The van der Waals surface area contributed by atoms with Crippen LogP contribution in [0.2, 0.25) is 0 Å². The van der Waals surface area contributed by atoms with Gasteiger partial charge in [0, 0.05) is 0 Å². The average molecular weight is 116 g/mol. The Balaban J connectivity index is 3.16. The van der Waals surface area contributed by atoms with Crippen LogP contribution in [0.15, 0.2) is 12.3 Å². The number of ether oxygens (including phenoxy) is 1. The van der Waals surface area contributed by atoms with Crippen LogP contribution >= 0.6 is 0 Å². The molecule has 0 heterocycles. The molecule has 0 radical (unpaired) electrons. The van der Waals surface area contributed by atoms with Crippen molar-refractivity contribution in [3.05, 3.63) is 12.3 Å². The van der Waals surface area contributed by atoms with Gasteiger partial charge in [-0.3, -0.25) is 4.79 Å². The third-order valence-corrected chi connectivity index (χ3v) is 0.525. The lowest BCUT2D eigenvalue weighted by molar-refractivity contribution is -0.136. The fraction of sp³-hybridized carbons (Fsp3) is 0.400. The van der Waals surface area contributed by atoms with Crippen LogP contribution in [0.3, 0.4) is 0 Å². The van der Waals surface area contributed by atoms with Crippen LogP contribution in [0.1, 0.15) is 6.42 Å². The van der Waals surface area contributed by atoms with E-state index in [-0.39, 0.29) is 6.42 Å². The summed E-state index contributed by atoms with van der Waals surface area (Å²) in [5, 5.41) is 8.03. The van der Waals surface area contributed by atoms with Gasteiger partial charge in [-0.2, -0.15) is 0 Å². The zero-order valence-electron chi connectivity index (χ0n) is 4.63. The summed E-state index contributed by atoms with van der Waals surface area (Å²) in [7, 11) is 1.47. The first-order chi connectivity index (χ1) is 3.77. The fourth-order valence-corrected chi connectivity index (χ4v) is 0.245. The number of carbonyl (C=O) groups is 1. The predicted molar refractivity (Wildman–Crippen MR) is 28.4 cm³/mol. The van der Waals surface area contributed by atoms with E-state index in [1.54, 1.807) is 0 Å². The molecule has 0 aliphatic rings. The largest absolute Gasteiger partial charge is 0.505 e. The van der Waals surface area contributed by atoms with E-state index in [2.05, 4.69) is 4.74 Å². The zero-order chi connectivity index (χ0) is 6.41. The van der Waals surface area contributed by atoms with E-state index >= 15 is 0 Å². The van der Waals surface area contributed by atoms with E-state index in [0.717, 1.165) is 0 Å². The monoisotopic (exact) mass is 116 g/mol. The van der Waals surface area contributed by atoms with Gasteiger partial charge in [0.1, 0.15) is 0 Å². The Kier molecular flexibility index (Phi) is 3.66. The van der Waals surface area contributed by atoms with Crippen LogP contribution in [-0.4, -0.2) is 18.2 Å². The van der Waals surface area contributed by atoms with Gasteiger partial charge in [-0.1, -0.05) is 0 Å². The zero-order valence-corrected chi connectivity index (χ0v) is 4.63. The van der Waals surface area contributed by atoms with Crippen molar-refractivity contribution >= 4 is 5.97 Å². The molecule has 0 rings (SSSR count). The van der Waals surface area contributed by atoms with Crippen molar-refractivity contribution in [2.45, 2.75) is 6.42 Å². The Morgan fingerprint density at radius 2 is 2.50 bits per heavy atom. The molecule has 0 amide bonds. The van der Waals surface area contributed by atoms with Gasteiger partial charge in [0.2, 0.25) is 0 Å². The van der Waals surface area contributed by atoms with Crippen molar-refractivity contribution < 1.29 is 14.6 Å². The number of aliphatic carboxylic acids is 1. The highest BCUT2D eigenvalue weighted by atomic mass is 16.5. The average Bonchev–Trinajstić information content (AvgIpc) is 1.66. The van der Waals surface area contributed by atoms with Crippen LogP contribution in [0.5, 0.6) is 0 Å². The minimum absolute atomic E-state index is 0.0217. The summed E-state index contributed by atoms with van der Waals surface area (Å²) >= 11 is 0. The minimum atomic E-state index is -0.849. The third-order valence-electron chi connectivity index (χ3n) is 0.525. The van der Waals surface area contributed by atoms with Crippen molar-refractivity contribution in [3.63, 3.8) is 0 Å². The van der Waals surface area contributed by atoms with Gasteiger partial charge in [0.05, 0.1) is 19.8 Å². The lowest BCUT2D eigenvalue weighted by atomic mass is 10.4. The standard InChI is InChI=1S/C5H8O3/c1-8-4-2-3-5(6)7/h2,4H,3H2,1H3,(H,6,7)/b4-2-. The van der Waals surface area contributed by atoms with E-state index in [0.29, 0.717) is 0 Å². The first kappa shape index (κ1) is 7.01. The van der Waals surface area contributed by atoms with Crippen LogP contribution in [0.25, 0.3) is 0 Å². The highest BCUT2D eigenvalue weighted by Gasteiger charge is 1.86. The molecule has 0 aromatic carbocycles. The molecule has 1 N–H and O–H groups in total. The van der Waals surface area contributed by atoms with E-state index in [9.17, 15) is 4.79 Å². The summed E-state index contributed by atoms with van der Waals surface area (Å²) in [6, 6.07) is 0. The molecule has 0 spiro atoms. The topological polar surface area (TPSA) is 46.5 Å². The molecule has 46 valence electrons. The van der Waals surface area contributed by atoms with Crippen molar-refractivity contribution in [3.8, 4) is 0 Å². The summed E-state index contributed by atoms with van der Waals surface area (Å²) in [4.78, 5) is 9.77. The first-order valence-corrected chi connectivity index (χ1v) is 2.17. The van der Waals surface area contributed by atoms with Crippen LogP contribution < -0.4 is 0 Å². The van der Waals surface area contributed by atoms with Gasteiger partial charge in [0.15, 0.2) is 0 Å². The molecule has 0 aromatic heterocycles. The molecule has 0 fully saturated rings. The normalized spacial score (nSPS) is 9.62. The van der Waals surface area contributed by atoms with E-state index in [1.165, 1.54) is 19.4 Å². The highest BCUT2D eigenvalue weighted by Crippen LogP contribution is 1.80. The molecule has 3 nitrogen and oxygen atoms in total. The molecule has 0 aliphatic carbocycles. The van der Waals surface area contributed by atoms with E-state index in [4.69, 9.17) is 5.11 Å². The lowest BCUT2D eigenvalue weighted by Gasteiger charge is -1.83. The molecular weight excluding hydrogens is 108 g/mol. The number of hydrogen-bond acceptors (Lipinski definition) is 2. The van der Waals surface area contributed by atoms with Gasteiger partial charge >= 0.3 is 5.97 Å². The second-order valence-electron chi connectivity index (χ2n) is 1.21. The maximum atomic E-state index is 9.77.